The third-order valence-corrected chi connectivity index (χ3v) is 3.38. The number of hydrogen-bond acceptors (Lipinski definition) is 4. The zero-order valence-electron chi connectivity index (χ0n) is 9.27. The number of halogens is 1. The van der Waals surface area contributed by atoms with Gasteiger partial charge in [0.05, 0.1) is 37.3 Å². The molecule has 5 nitrogen and oxygen atoms in total. The summed E-state index contributed by atoms with van der Waals surface area (Å²) >= 11 is 3.44. The standard InChI is InChI=1S/C11H13BrN4O/c12-8-1-2-10-9(7-8)14-11(13)16(10)15-3-5-17-6-4-15/h1-2,7H,3-6H2,(H2,13,14). The maximum atomic E-state index is 5.99. The number of nitrogen functional groups attached to an aromatic ring is 1. The number of rotatable bonds is 1. The first-order valence-corrected chi connectivity index (χ1v) is 6.31. The molecule has 0 spiro atoms. The van der Waals surface area contributed by atoms with E-state index in [1.54, 1.807) is 0 Å². The zero-order chi connectivity index (χ0) is 11.8. The van der Waals surface area contributed by atoms with Gasteiger partial charge in [0.1, 0.15) is 0 Å². The van der Waals surface area contributed by atoms with Gasteiger partial charge in [-0.3, -0.25) is 0 Å². The van der Waals surface area contributed by atoms with Crippen LogP contribution in [0.1, 0.15) is 0 Å². The fourth-order valence-corrected chi connectivity index (χ4v) is 2.46. The van der Waals surface area contributed by atoms with Crippen LogP contribution in [0.15, 0.2) is 22.7 Å². The lowest BCUT2D eigenvalue weighted by Crippen LogP contribution is -2.44. The second-order valence-corrected chi connectivity index (χ2v) is 4.90. The fraction of sp³-hybridized carbons (Fsp3) is 0.364. The minimum Gasteiger partial charge on any atom is -0.378 e. The van der Waals surface area contributed by atoms with E-state index >= 15 is 0 Å². The molecule has 2 aromatic rings. The van der Waals surface area contributed by atoms with E-state index in [0.29, 0.717) is 5.95 Å². The number of ether oxygens (including phenoxy) is 1. The van der Waals surface area contributed by atoms with Gasteiger partial charge in [-0.2, -0.15) is 0 Å². The summed E-state index contributed by atoms with van der Waals surface area (Å²) < 4.78 is 8.33. The van der Waals surface area contributed by atoms with Gasteiger partial charge in [-0.25, -0.2) is 9.66 Å². The van der Waals surface area contributed by atoms with Gasteiger partial charge in [-0.1, -0.05) is 15.9 Å². The fourth-order valence-electron chi connectivity index (χ4n) is 2.11. The molecule has 6 heteroatoms. The van der Waals surface area contributed by atoms with Crippen LogP contribution in [0, 0.1) is 0 Å². The number of morpholine rings is 1. The SMILES string of the molecule is Nc1nc2cc(Br)ccc2n1N1CCOCC1. The quantitative estimate of drug-likeness (QED) is 0.863. The third-order valence-electron chi connectivity index (χ3n) is 2.89. The molecule has 1 saturated heterocycles. The second-order valence-electron chi connectivity index (χ2n) is 3.98. The maximum absolute atomic E-state index is 5.99. The summed E-state index contributed by atoms with van der Waals surface area (Å²) in [7, 11) is 0. The van der Waals surface area contributed by atoms with Crippen LogP contribution in [0.5, 0.6) is 0 Å². The van der Waals surface area contributed by atoms with Crippen molar-refractivity contribution < 1.29 is 4.74 Å². The molecule has 1 fully saturated rings. The van der Waals surface area contributed by atoms with E-state index < -0.39 is 0 Å². The average Bonchev–Trinajstić information content (AvgIpc) is 2.65. The van der Waals surface area contributed by atoms with Crippen molar-refractivity contribution in [2.45, 2.75) is 0 Å². The van der Waals surface area contributed by atoms with E-state index in [1.807, 2.05) is 22.9 Å². The van der Waals surface area contributed by atoms with Crippen LogP contribution in [0.3, 0.4) is 0 Å². The van der Waals surface area contributed by atoms with Crippen molar-refractivity contribution in [3.8, 4) is 0 Å². The summed E-state index contributed by atoms with van der Waals surface area (Å²) in [6, 6.07) is 6.00. The van der Waals surface area contributed by atoms with Crippen molar-refractivity contribution in [1.82, 2.24) is 9.66 Å². The highest BCUT2D eigenvalue weighted by Crippen LogP contribution is 2.22. The molecule has 0 unspecified atom stereocenters. The first kappa shape index (κ1) is 10.9. The van der Waals surface area contributed by atoms with Crippen molar-refractivity contribution in [2.24, 2.45) is 0 Å². The Bertz CT molecular complexity index is 548. The van der Waals surface area contributed by atoms with E-state index in [9.17, 15) is 0 Å². The van der Waals surface area contributed by atoms with E-state index in [2.05, 4.69) is 25.9 Å². The molecule has 0 radical (unpaired) electrons. The summed E-state index contributed by atoms with van der Waals surface area (Å²) in [6.07, 6.45) is 0. The first-order chi connectivity index (χ1) is 8.25. The molecular formula is C11H13BrN4O. The van der Waals surface area contributed by atoms with Crippen molar-refractivity contribution in [1.29, 1.82) is 0 Å². The summed E-state index contributed by atoms with van der Waals surface area (Å²) in [5.41, 5.74) is 7.93. The zero-order valence-corrected chi connectivity index (χ0v) is 10.9. The van der Waals surface area contributed by atoms with Crippen LogP contribution in [-0.4, -0.2) is 36.0 Å². The van der Waals surface area contributed by atoms with E-state index in [4.69, 9.17) is 10.5 Å². The minimum absolute atomic E-state index is 0.528. The molecule has 0 amide bonds. The van der Waals surface area contributed by atoms with Gasteiger partial charge in [-0.05, 0) is 18.2 Å². The highest BCUT2D eigenvalue weighted by Gasteiger charge is 2.17. The molecule has 1 aliphatic rings. The highest BCUT2D eigenvalue weighted by atomic mass is 79.9. The Morgan fingerprint density at radius 2 is 2.06 bits per heavy atom. The molecule has 3 rings (SSSR count). The van der Waals surface area contributed by atoms with E-state index in [-0.39, 0.29) is 0 Å². The molecule has 0 atom stereocenters. The second kappa shape index (κ2) is 4.19. The molecular weight excluding hydrogens is 284 g/mol. The highest BCUT2D eigenvalue weighted by molar-refractivity contribution is 9.10. The normalized spacial score (nSPS) is 16.6. The Morgan fingerprint density at radius 1 is 1.29 bits per heavy atom. The topological polar surface area (TPSA) is 56.3 Å². The molecule has 1 aromatic carbocycles. The molecule has 17 heavy (non-hydrogen) atoms. The van der Waals surface area contributed by atoms with E-state index in [1.165, 1.54) is 0 Å². The number of aromatic nitrogens is 2. The van der Waals surface area contributed by atoms with Crippen LogP contribution in [-0.2, 0) is 4.74 Å². The van der Waals surface area contributed by atoms with E-state index in [0.717, 1.165) is 41.8 Å². The lowest BCUT2D eigenvalue weighted by Gasteiger charge is -2.30. The Balaban J connectivity index is 2.11. The maximum Gasteiger partial charge on any atom is 0.220 e. The van der Waals surface area contributed by atoms with Gasteiger partial charge in [0.2, 0.25) is 5.95 Å². The van der Waals surface area contributed by atoms with Gasteiger partial charge in [-0.15, -0.1) is 0 Å². The monoisotopic (exact) mass is 296 g/mol. The lowest BCUT2D eigenvalue weighted by molar-refractivity contribution is 0.112. The first-order valence-electron chi connectivity index (χ1n) is 5.52. The molecule has 0 bridgehead atoms. The summed E-state index contributed by atoms with van der Waals surface area (Å²) in [6.45, 7) is 3.14. The number of nitrogens with two attached hydrogens (primary N) is 1. The van der Waals surface area contributed by atoms with Crippen molar-refractivity contribution in [3.05, 3.63) is 22.7 Å². The summed E-state index contributed by atoms with van der Waals surface area (Å²) in [5, 5.41) is 2.17. The number of hydrogen-bond donors (Lipinski definition) is 1. The third kappa shape index (κ3) is 1.87. The number of nitrogens with zero attached hydrogens (tertiary/aromatic N) is 3. The van der Waals surface area contributed by atoms with Crippen LogP contribution in [0.2, 0.25) is 0 Å². The van der Waals surface area contributed by atoms with Crippen LogP contribution < -0.4 is 10.7 Å². The number of anilines is 1. The molecule has 2 N–H and O–H groups in total. The van der Waals surface area contributed by atoms with Gasteiger partial charge in [0, 0.05) is 4.47 Å². The van der Waals surface area contributed by atoms with Gasteiger partial charge in [0.25, 0.3) is 0 Å². The Morgan fingerprint density at radius 3 is 2.82 bits per heavy atom. The van der Waals surface area contributed by atoms with Gasteiger partial charge >= 0.3 is 0 Å². The van der Waals surface area contributed by atoms with Crippen LogP contribution in [0.25, 0.3) is 11.0 Å². The Kier molecular flexibility index (Phi) is 2.68. The summed E-state index contributed by atoms with van der Waals surface area (Å²) in [5.74, 6) is 0.528. The van der Waals surface area contributed by atoms with Crippen molar-refractivity contribution in [3.63, 3.8) is 0 Å². The molecule has 0 aliphatic carbocycles. The molecule has 1 aromatic heterocycles. The lowest BCUT2D eigenvalue weighted by atomic mass is 10.3. The average molecular weight is 297 g/mol. The largest absolute Gasteiger partial charge is 0.378 e. The van der Waals surface area contributed by atoms with Crippen LogP contribution >= 0.6 is 15.9 Å². The molecule has 1 aliphatic heterocycles. The predicted octanol–water partition coefficient (Wildman–Crippen LogP) is 1.35. The number of imidazole rings is 1. The predicted molar refractivity (Wildman–Crippen MR) is 70.6 cm³/mol. The van der Waals surface area contributed by atoms with Crippen molar-refractivity contribution in [2.75, 3.05) is 37.0 Å². The van der Waals surface area contributed by atoms with Crippen molar-refractivity contribution >= 4 is 32.9 Å². The summed E-state index contributed by atoms with van der Waals surface area (Å²) in [4.78, 5) is 4.38. The Labute approximate surface area is 107 Å². The molecule has 2 heterocycles. The Hall–Kier alpha value is -1.27. The van der Waals surface area contributed by atoms with Crippen LogP contribution in [0.4, 0.5) is 5.95 Å². The van der Waals surface area contributed by atoms with Gasteiger partial charge in [0.15, 0.2) is 0 Å². The molecule has 90 valence electrons. The number of benzene rings is 1. The molecule has 0 saturated carbocycles. The number of fused-ring (bicyclic) bond motifs is 1. The smallest absolute Gasteiger partial charge is 0.220 e. The minimum atomic E-state index is 0.528. The van der Waals surface area contributed by atoms with Gasteiger partial charge < -0.3 is 15.5 Å².